The van der Waals surface area contributed by atoms with Gasteiger partial charge in [0.05, 0.1) is 0 Å². The molecule has 0 saturated heterocycles. The number of carbonyl (C=O) groups is 1. The molecule has 0 aromatic carbocycles. The molecule has 1 aliphatic carbocycles. The summed E-state index contributed by atoms with van der Waals surface area (Å²) < 4.78 is 1.40. The first-order valence-electron chi connectivity index (χ1n) is 6.08. The summed E-state index contributed by atoms with van der Waals surface area (Å²) >= 11 is 0. The van der Waals surface area contributed by atoms with Crippen LogP contribution in [0.4, 0.5) is 0 Å². The lowest BCUT2D eigenvalue weighted by Gasteiger charge is -2.30. The molecule has 0 bridgehead atoms. The third kappa shape index (κ3) is 2.12. The first kappa shape index (κ1) is 11.9. The minimum absolute atomic E-state index is 0.225. The van der Waals surface area contributed by atoms with Crippen LogP contribution < -0.4 is 5.56 Å². The standard InChI is InChI=1S/C13H17NO3/c15-11-7-3-6-10-14(11)13(12(16)17)8-4-1-2-5-9-13/h3,6-7,10H,1-2,4-5,8-9H2,(H,16,17). The minimum Gasteiger partial charge on any atom is -0.479 e. The first-order chi connectivity index (χ1) is 8.17. The van der Waals surface area contributed by atoms with Crippen molar-refractivity contribution >= 4 is 5.97 Å². The number of pyridine rings is 1. The number of hydrogen-bond acceptors (Lipinski definition) is 2. The van der Waals surface area contributed by atoms with Gasteiger partial charge in [-0.25, -0.2) is 4.79 Å². The number of aromatic nitrogens is 1. The summed E-state index contributed by atoms with van der Waals surface area (Å²) in [4.78, 5) is 23.5. The van der Waals surface area contributed by atoms with Crippen molar-refractivity contribution in [2.75, 3.05) is 0 Å². The van der Waals surface area contributed by atoms with Crippen molar-refractivity contribution in [2.24, 2.45) is 0 Å². The number of carboxylic acids is 1. The van der Waals surface area contributed by atoms with E-state index in [2.05, 4.69) is 0 Å². The van der Waals surface area contributed by atoms with Crippen molar-refractivity contribution in [3.8, 4) is 0 Å². The molecule has 1 heterocycles. The Morgan fingerprint density at radius 1 is 1.18 bits per heavy atom. The van der Waals surface area contributed by atoms with Gasteiger partial charge in [-0.05, 0) is 18.9 Å². The summed E-state index contributed by atoms with van der Waals surface area (Å²) in [5.74, 6) is -0.882. The maximum atomic E-state index is 11.8. The summed E-state index contributed by atoms with van der Waals surface area (Å²) in [6, 6.07) is 4.79. The third-order valence-corrected chi connectivity index (χ3v) is 3.61. The smallest absolute Gasteiger partial charge is 0.329 e. The van der Waals surface area contributed by atoms with Crippen molar-refractivity contribution in [1.82, 2.24) is 4.57 Å². The monoisotopic (exact) mass is 235 g/mol. The molecule has 4 nitrogen and oxygen atoms in total. The number of carboxylic acid groups (broad SMARTS) is 1. The van der Waals surface area contributed by atoms with E-state index in [-0.39, 0.29) is 5.56 Å². The van der Waals surface area contributed by atoms with Crippen LogP contribution in [0.1, 0.15) is 38.5 Å². The van der Waals surface area contributed by atoms with E-state index in [0.29, 0.717) is 12.8 Å². The summed E-state index contributed by atoms with van der Waals surface area (Å²) in [7, 11) is 0. The van der Waals surface area contributed by atoms with E-state index in [4.69, 9.17) is 0 Å². The van der Waals surface area contributed by atoms with Gasteiger partial charge in [0, 0.05) is 12.3 Å². The Hall–Kier alpha value is -1.58. The Balaban J connectivity index is 2.50. The highest BCUT2D eigenvalue weighted by Crippen LogP contribution is 2.33. The van der Waals surface area contributed by atoms with E-state index in [0.717, 1.165) is 25.7 Å². The summed E-state index contributed by atoms with van der Waals surface area (Å²) in [5, 5.41) is 9.53. The van der Waals surface area contributed by atoms with Gasteiger partial charge in [-0.2, -0.15) is 0 Å². The highest BCUT2D eigenvalue weighted by Gasteiger charge is 2.40. The van der Waals surface area contributed by atoms with Gasteiger partial charge in [-0.3, -0.25) is 9.36 Å². The van der Waals surface area contributed by atoms with Crippen molar-refractivity contribution in [3.63, 3.8) is 0 Å². The second-order valence-electron chi connectivity index (χ2n) is 4.66. The molecule has 92 valence electrons. The predicted octanol–water partition coefficient (Wildman–Crippen LogP) is 1.98. The van der Waals surface area contributed by atoms with E-state index in [1.807, 2.05) is 0 Å². The van der Waals surface area contributed by atoms with E-state index >= 15 is 0 Å². The van der Waals surface area contributed by atoms with Crippen LogP contribution in [0.5, 0.6) is 0 Å². The van der Waals surface area contributed by atoms with Gasteiger partial charge in [0.1, 0.15) is 5.54 Å². The quantitative estimate of drug-likeness (QED) is 0.797. The molecule has 0 amide bonds. The fourth-order valence-corrected chi connectivity index (χ4v) is 2.65. The normalized spacial score (nSPS) is 19.5. The molecular formula is C13H17NO3. The van der Waals surface area contributed by atoms with Gasteiger partial charge in [0.2, 0.25) is 0 Å². The van der Waals surface area contributed by atoms with Gasteiger partial charge >= 0.3 is 5.97 Å². The van der Waals surface area contributed by atoms with Crippen LogP contribution in [-0.4, -0.2) is 15.6 Å². The second-order valence-corrected chi connectivity index (χ2v) is 4.66. The maximum Gasteiger partial charge on any atom is 0.329 e. The Morgan fingerprint density at radius 3 is 2.35 bits per heavy atom. The fraction of sp³-hybridized carbons (Fsp3) is 0.538. The summed E-state index contributed by atoms with van der Waals surface area (Å²) in [5.41, 5.74) is -1.26. The van der Waals surface area contributed by atoms with Crippen LogP contribution in [0.15, 0.2) is 29.2 Å². The molecule has 1 N–H and O–H groups in total. The molecule has 2 rings (SSSR count). The lowest BCUT2D eigenvalue weighted by molar-refractivity contribution is -0.148. The summed E-state index contributed by atoms with van der Waals surface area (Å²) in [6.45, 7) is 0. The molecule has 0 spiro atoms. The number of rotatable bonds is 2. The fourth-order valence-electron chi connectivity index (χ4n) is 2.65. The van der Waals surface area contributed by atoms with E-state index in [1.165, 1.54) is 10.6 Å². The van der Waals surface area contributed by atoms with E-state index in [1.54, 1.807) is 18.3 Å². The zero-order valence-electron chi connectivity index (χ0n) is 9.76. The van der Waals surface area contributed by atoms with Gasteiger partial charge in [-0.15, -0.1) is 0 Å². The lowest BCUT2D eigenvalue weighted by Crippen LogP contribution is -2.46. The molecule has 0 radical (unpaired) electrons. The zero-order valence-corrected chi connectivity index (χ0v) is 9.76. The van der Waals surface area contributed by atoms with Crippen molar-refractivity contribution in [2.45, 2.75) is 44.1 Å². The molecule has 1 aliphatic rings. The average molecular weight is 235 g/mol. The van der Waals surface area contributed by atoms with Crippen LogP contribution in [0.25, 0.3) is 0 Å². The molecule has 1 fully saturated rings. The van der Waals surface area contributed by atoms with E-state index in [9.17, 15) is 14.7 Å². The Kier molecular flexibility index (Phi) is 3.31. The zero-order chi connectivity index (χ0) is 12.3. The van der Waals surface area contributed by atoms with Crippen LogP contribution in [0.3, 0.4) is 0 Å². The maximum absolute atomic E-state index is 11.8. The number of aliphatic carboxylic acids is 1. The molecule has 4 heteroatoms. The van der Waals surface area contributed by atoms with Gasteiger partial charge in [-0.1, -0.05) is 31.7 Å². The molecular weight excluding hydrogens is 218 g/mol. The number of nitrogens with zero attached hydrogens (tertiary/aromatic N) is 1. The average Bonchev–Trinajstić information content (AvgIpc) is 2.56. The predicted molar refractivity (Wildman–Crippen MR) is 64.0 cm³/mol. The molecule has 1 aromatic heterocycles. The van der Waals surface area contributed by atoms with E-state index < -0.39 is 11.5 Å². The van der Waals surface area contributed by atoms with Crippen LogP contribution in [0.2, 0.25) is 0 Å². The second kappa shape index (κ2) is 4.73. The summed E-state index contributed by atoms with van der Waals surface area (Å²) in [6.07, 6.45) is 6.54. The van der Waals surface area contributed by atoms with Gasteiger partial charge in [0.15, 0.2) is 0 Å². The Labute approximate surface area is 99.9 Å². The highest BCUT2D eigenvalue weighted by molar-refractivity contribution is 5.76. The van der Waals surface area contributed by atoms with Gasteiger partial charge in [0.25, 0.3) is 5.56 Å². The van der Waals surface area contributed by atoms with Crippen LogP contribution in [0, 0.1) is 0 Å². The minimum atomic E-state index is -1.03. The molecule has 17 heavy (non-hydrogen) atoms. The first-order valence-corrected chi connectivity index (χ1v) is 6.08. The van der Waals surface area contributed by atoms with Gasteiger partial charge < -0.3 is 5.11 Å². The van der Waals surface area contributed by atoms with Crippen molar-refractivity contribution < 1.29 is 9.90 Å². The molecule has 1 saturated carbocycles. The lowest BCUT2D eigenvalue weighted by atomic mass is 9.89. The topological polar surface area (TPSA) is 59.3 Å². The highest BCUT2D eigenvalue weighted by atomic mass is 16.4. The molecule has 1 aromatic rings. The Morgan fingerprint density at radius 2 is 1.82 bits per heavy atom. The number of hydrogen-bond donors (Lipinski definition) is 1. The van der Waals surface area contributed by atoms with Crippen molar-refractivity contribution in [1.29, 1.82) is 0 Å². The molecule has 0 atom stereocenters. The van der Waals surface area contributed by atoms with Crippen LogP contribution >= 0.6 is 0 Å². The SMILES string of the molecule is O=C(O)C1(n2ccccc2=O)CCCCCC1. The third-order valence-electron chi connectivity index (χ3n) is 3.61. The van der Waals surface area contributed by atoms with Crippen molar-refractivity contribution in [3.05, 3.63) is 34.7 Å². The van der Waals surface area contributed by atoms with Crippen LogP contribution in [-0.2, 0) is 10.3 Å². The Bertz CT molecular complexity index is 456. The largest absolute Gasteiger partial charge is 0.479 e. The molecule has 0 aliphatic heterocycles. The molecule has 0 unspecified atom stereocenters.